The summed E-state index contributed by atoms with van der Waals surface area (Å²) < 4.78 is 36.6. The van der Waals surface area contributed by atoms with Crippen molar-refractivity contribution < 1.29 is 18.3 Å². The van der Waals surface area contributed by atoms with Gasteiger partial charge in [0.05, 0.1) is 18.2 Å². The lowest BCUT2D eigenvalue weighted by Crippen LogP contribution is -2.16. The second kappa shape index (κ2) is 3.93. The van der Waals surface area contributed by atoms with Crippen LogP contribution in [0.25, 0.3) is 0 Å². The third-order valence-electron chi connectivity index (χ3n) is 1.71. The van der Waals surface area contributed by atoms with Crippen LogP contribution in [0.15, 0.2) is 18.5 Å². The number of rotatable bonds is 2. The zero-order chi connectivity index (χ0) is 10.8. The van der Waals surface area contributed by atoms with Crippen LogP contribution in [0.5, 0.6) is 0 Å². The first kappa shape index (κ1) is 10.9. The summed E-state index contributed by atoms with van der Waals surface area (Å²) in [5.74, 6) is 0. The van der Waals surface area contributed by atoms with Crippen molar-refractivity contribution in [2.45, 2.75) is 12.2 Å². The maximum atomic E-state index is 12.2. The van der Waals surface area contributed by atoms with Gasteiger partial charge in [-0.15, -0.1) is 0 Å². The molecule has 0 aliphatic heterocycles. The van der Waals surface area contributed by atoms with Gasteiger partial charge in [-0.25, -0.2) is 0 Å². The van der Waals surface area contributed by atoms with Crippen molar-refractivity contribution in [1.82, 2.24) is 4.98 Å². The summed E-state index contributed by atoms with van der Waals surface area (Å²) in [6, 6.07) is 0.0539. The highest BCUT2D eigenvalue weighted by Crippen LogP contribution is 2.29. The standard InChI is InChI=1S/C8H9F3N2O/c9-8(10,11)6-1-5(2-13-3-6)7(12)4-14/h1-3,7,14H,4,12H2/t7-/m0/s1. The molecule has 14 heavy (non-hydrogen) atoms. The fourth-order valence-corrected chi connectivity index (χ4v) is 0.921. The fourth-order valence-electron chi connectivity index (χ4n) is 0.921. The molecule has 0 spiro atoms. The fraction of sp³-hybridized carbons (Fsp3) is 0.375. The normalized spacial score (nSPS) is 14.1. The molecule has 0 aromatic carbocycles. The average Bonchev–Trinajstić information content (AvgIpc) is 2.15. The lowest BCUT2D eigenvalue weighted by atomic mass is 10.1. The lowest BCUT2D eigenvalue weighted by Gasteiger charge is -2.11. The molecule has 0 saturated heterocycles. The van der Waals surface area contributed by atoms with Crippen molar-refractivity contribution in [2.75, 3.05) is 6.61 Å². The molecule has 78 valence electrons. The van der Waals surface area contributed by atoms with Gasteiger partial charge in [0.2, 0.25) is 0 Å². The van der Waals surface area contributed by atoms with Crippen molar-refractivity contribution in [2.24, 2.45) is 5.73 Å². The molecule has 3 N–H and O–H groups in total. The minimum Gasteiger partial charge on any atom is -0.394 e. The zero-order valence-corrected chi connectivity index (χ0v) is 7.12. The van der Waals surface area contributed by atoms with Crippen LogP contribution in [0.4, 0.5) is 13.2 Å². The van der Waals surface area contributed by atoms with Crippen molar-refractivity contribution in [3.63, 3.8) is 0 Å². The van der Waals surface area contributed by atoms with E-state index in [1.165, 1.54) is 6.20 Å². The van der Waals surface area contributed by atoms with Gasteiger partial charge in [-0.05, 0) is 11.6 Å². The van der Waals surface area contributed by atoms with E-state index in [9.17, 15) is 13.2 Å². The maximum Gasteiger partial charge on any atom is 0.417 e. The van der Waals surface area contributed by atoms with Crippen LogP contribution < -0.4 is 5.73 Å². The topological polar surface area (TPSA) is 59.1 Å². The molecule has 1 rings (SSSR count). The van der Waals surface area contributed by atoms with E-state index >= 15 is 0 Å². The van der Waals surface area contributed by atoms with E-state index in [0.29, 0.717) is 6.20 Å². The zero-order valence-electron chi connectivity index (χ0n) is 7.12. The number of alkyl halides is 3. The van der Waals surface area contributed by atoms with E-state index in [4.69, 9.17) is 10.8 Å². The number of aliphatic hydroxyl groups excluding tert-OH is 1. The summed E-state index contributed by atoms with van der Waals surface area (Å²) in [6.07, 6.45) is -2.51. The van der Waals surface area contributed by atoms with Crippen LogP contribution in [-0.4, -0.2) is 16.7 Å². The van der Waals surface area contributed by atoms with Crippen LogP contribution in [0.2, 0.25) is 0 Å². The quantitative estimate of drug-likeness (QED) is 0.761. The number of hydrogen-bond acceptors (Lipinski definition) is 3. The Kier molecular flexibility index (Phi) is 3.07. The monoisotopic (exact) mass is 206 g/mol. The number of halogens is 3. The molecule has 1 aromatic rings. The van der Waals surface area contributed by atoms with Gasteiger partial charge >= 0.3 is 6.18 Å². The molecule has 3 nitrogen and oxygen atoms in total. The highest BCUT2D eigenvalue weighted by atomic mass is 19.4. The molecule has 0 aliphatic carbocycles. The molecular formula is C8H9F3N2O. The minimum absolute atomic E-state index is 0.169. The average molecular weight is 206 g/mol. The van der Waals surface area contributed by atoms with E-state index < -0.39 is 24.4 Å². The molecule has 0 radical (unpaired) electrons. The molecule has 0 unspecified atom stereocenters. The highest BCUT2D eigenvalue weighted by Gasteiger charge is 2.31. The Labute approximate surface area is 78.4 Å². The second-order valence-electron chi connectivity index (χ2n) is 2.79. The molecule has 0 aliphatic rings. The van der Waals surface area contributed by atoms with Crippen molar-refractivity contribution >= 4 is 0 Å². The van der Waals surface area contributed by atoms with Gasteiger partial charge in [-0.2, -0.15) is 13.2 Å². The minimum atomic E-state index is -4.43. The Balaban J connectivity index is 3.01. The number of aromatic nitrogens is 1. The Morgan fingerprint density at radius 1 is 1.43 bits per heavy atom. The molecule has 0 fully saturated rings. The summed E-state index contributed by atoms with van der Waals surface area (Å²) in [7, 11) is 0. The van der Waals surface area contributed by atoms with Gasteiger partial charge in [0.1, 0.15) is 0 Å². The molecule has 1 atom stereocenters. The number of nitrogens with zero attached hydrogens (tertiary/aromatic N) is 1. The predicted molar refractivity (Wildman–Crippen MR) is 43.3 cm³/mol. The molecule has 0 saturated carbocycles. The molecule has 0 amide bonds. The summed E-state index contributed by atoms with van der Waals surface area (Å²) >= 11 is 0. The number of aliphatic hydroxyl groups is 1. The molecular weight excluding hydrogens is 197 g/mol. The summed E-state index contributed by atoms with van der Waals surface area (Å²) in [5.41, 5.74) is 4.66. The van der Waals surface area contributed by atoms with E-state index in [0.717, 1.165) is 6.07 Å². The Morgan fingerprint density at radius 2 is 2.07 bits per heavy atom. The van der Waals surface area contributed by atoms with Crippen LogP contribution >= 0.6 is 0 Å². The summed E-state index contributed by atoms with van der Waals surface area (Å²) in [5, 5.41) is 8.65. The van der Waals surface area contributed by atoms with E-state index in [-0.39, 0.29) is 5.56 Å². The van der Waals surface area contributed by atoms with Gasteiger partial charge in [0, 0.05) is 12.4 Å². The highest BCUT2D eigenvalue weighted by molar-refractivity contribution is 5.23. The second-order valence-corrected chi connectivity index (χ2v) is 2.79. The number of nitrogens with two attached hydrogens (primary N) is 1. The van der Waals surface area contributed by atoms with E-state index in [2.05, 4.69) is 4.98 Å². The van der Waals surface area contributed by atoms with Gasteiger partial charge in [0.15, 0.2) is 0 Å². The summed E-state index contributed by atoms with van der Waals surface area (Å²) in [4.78, 5) is 3.41. The van der Waals surface area contributed by atoms with Crippen LogP contribution in [-0.2, 0) is 6.18 Å². The molecule has 0 bridgehead atoms. The SMILES string of the molecule is N[C@@H](CO)c1cncc(C(F)(F)F)c1. The largest absolute Gasteiger partial charge is 0.417 e. The third-order valence-corrected chi connectivity index (χ3v) is 1.71. The Morgan fingerprint density at radius 3 is 2.57 bits per heavy atom. The maximum absolute atomic E-state index is 12.2. The van der Waals surface area contributed by atoms with Crippen LogP contribution in [0.1, 0.15) is 17.2 Å². The Hall–Kier alpha value is -1.14. The van der Waals surface area contributed by atoms with E-state index in [1.807, 2.05) is 0 Å². The van der Waals surface area contributed by atoms with Crippen molar-refractivity contribution in [1.29, 1.82) is 0 Å². The first-order valence-electron chi connectivity index (χ1n) is 3.83. The van der Waals surface area contributed by atoms with Gasteiger partial charge in [-0.1, -0.05) is 0 Å². The first-order chi connectivity index (χ1) is 6.45. The van der Waals surface area contributed by atoms with E-state index in [1.54, 1.807) is 0 Å². The third kappa shape index (κ3) is 2.43. The number of pyridine rings is 1. The van der Waals surface area contributed by atoms with Gasteiger partial charge in [0.25, 0.3) is 0 Å². The lowest BCUT2D eigenvalue weighted by molar-refractivity contribution is -0.137. The van der Waals surface area contributed by atoms with Crippen LogP contribution in [0.3, 0.4) is 0 Å². The van der Waals surface area contributed by atoms with Gasteiger partial charge < -0.3 is 10.8 Å². The van der Waals surface area contributed by atoms with Crippen molar-refractivity contribution in [3.05, 3.63) is 29.6 Å². The van der Waals surface area contributed by atoms with Gasteiger partial charge in [-0.3, -0.25) is 4.98 Å². The smallest absolute Gasteiger partial charge is 0.394 e. The predicted octanol–water partition coefficient (Wildman–Crippen LogP) is 1.09. The van der Waals surface area contributed by atoms with Crippen LogP contribution in [0, 0.1) is 0 Å². The molecule has 1 aromatic heterocycles. The molecule has 1 heterocycles. The number of hydrogen-bond donors (Lipinski definition) is 2. The molecule has 6 heteroatoms. The Bertz CT molecular complexity index is 314. The van der Waals surface area contributed by atoms with Crippen molar-refractivity contribution in [3.8, 4) is 0 Å². The summed E-state index contributed by atoms with van der Waals surface area (Å²) in [6.45, 7) is -0.414. The first-order valence-corrected chi connectivity index (χ1v) is 3.83.